The van der Waals surface area contributed by atoms with Crippen molar-refractivity contribution in [3.8, 4) is 17.6 Å². The molecule has 5 heteroatoms. The van der Waals surface area contributed by atoms with Crippen LogP contribution in [0, 0.1) is 24.7 Å². The highest BCUT2D eigenvalue weighted by molar-refractivity contribution is 5.42. The molecule has 1 unspecified atom stereocenters. The topological polar surface area (TPSA) is 49.7 Å². The number of aromatic nitrogens is 1. The Kier molecular flexibility index (Phi) is 6.03. The standard InChI is InChI=1S/C24H27NO4/c1-17-13-20(6-5-19-3-4-19)7-8-23(17)18(2)25-10-9-21(14-24(25)26)29-16-22-15-27-11-12-28-22/h7-10,13-14,18-19,22H,3-4,11-12,15-16H2,1-2H3/t18?,22-/m0/s1. The fourth-order valence-electron chi connectivity index (χ4n) is 3.49. The zero-order chi connectivity index (χ0) is 20.2. The number of nitrogens with zero attached hydrogens (tertiary/aromatic N) is 1. The van der Waals surface area contributed by atoms with Gasteiger partial charge in [-0.1, -0.05) is 17.9 Å². The molecule has 0 bridgehead atoms. The highest BCUT2D eigenvalue weighted by Gasteiger charge is 2.18. The SMILES string of the molecule is Cc1cc(C#CC2CC2)ccc1C(C)n1ccc(OC[C@@H]2COCCO2)cc1=O. The maximum Gasteiger partial charge on any atom is 0.254 e. The van der Waals surface area contributed by atoms with Crippen LogP contribution in [0.2, 0.25) is 0 Å². The zero-order valence-corrected chi connectivity index (χ0v) is 17.0. The van der Waals surface area contributed by atoms with Gasteiger partial charge in [-0.2, -0.15) is 0 Å². The van der Waals surface area contributed by atoms with Gasteiger partial charge in [0.25, 0.3) is 5.56 Å². The van der Waals surface area contributed by atoms with E-state index >= 15 is 0 Å². The molecule has 5 nitrogen and oxygen atoms in total. The molecular formula is C24H27NO4. The fourth-order valence-corrected chi connectivity index (χ4v) is 3.49. The van der Waals surface area contributed by atoms with Crippen LogP contribution in [0.4, 0.5) is 0 Å². The molecule has 1 aliphatic carbocycles. The first-order valence-electron chi connectivity index (χ1n) is 10.3. The molecule has 0 spiro atoms. The van der Waals surface area contributed by atoms with Crippen molar-refractivity contribution in [2.45, 2.75) is 38.8 Å². The first-order chi connectivity index (χ1) is 14.1. The van der Waals surface area contributed by atoms with Crippen LogP contribution in [-0.2, 0) is 9.47 Å². The molecule has 0 N–H and O–H groups in total. The molecule has 2 aromatic rings. The summed E-state index contributed by atoms with van der Waals surface area (Å²) in [4.78, 5) is 12.7. The highest BCUT2D eigenvalue weighted by Crippen LogP contribution is 2.28. The predicted octanol–water partition coefficient (Wildman–Crippen LogP) is 3.32. The summed E-state index contributed by atoms with van der Waals surface area (Å²) < 4.78 is 18.4. The number of pyridine rings is 1. The van der Waals surface area contributed by atoms with Crippen molar-refractivity contribution in [2.75, 3.05) is 26.4 Å². The van der Waals surface area contributed by atoms with Crippen LogP contribution in [0.1, 0.15) is 42.5 Å². The van der Waals surface area contributed by atoms with Crippen LogP contribution < -0.4 is 10.3 Å². The summed E-state index contributed by atoms with van der Waals surface area (Å²) in [5.41, 5.74) is 3.20. The number of rotatable bonds is 5. The minimum absolute atomic E-state index is 0.0722. The Labute approximate surface area is 171 Å². The largest absolute Gasteiger partial charge is 0.491 e. The summed E-state index contributed by atoms with van der Waals surface area (Å²) in [5, 5.41) is 0. The Morgan fingerprint density at radius 3 is 2.79 bits per heavy atom. The van der Waals surface area contributed by atoms with Crippen molar-refractivity contribution >= 4 is 0 Å². The Bertz CT molecular complexity index is 974. The lowest BCUT2D eigenvalue weighted by Gasteiger charge is -2.23. The zero-order valence-electron chi connectivity index (χ0n) is 17.0. The average molecular weight is 393 g/mol. The minimum Gasteiger partial charge on any atom is -0.491 e. The molecule has 1 aromatic heterocycles. The van der Waals surface area contributed by atoms with E-state index in [1.165, 1.54) is 18.9 Å². The van der Waals surface area contributed by atoms with Gasteiger partial charge in [-0.05, 0) is 56.0 Å². The van der Waals surface area contributed by atoms with Gasteiger partial charge in [0, 0.05) is 23.7 Å². The summed E-state index contributed by atoms with van der Waals surface area (Å²) in [5.74, 6) is 7.69. The molecule has 2 atom stereocenters. The van der Waals surface area contributed by atoms with Crippen molar-refractivity contribution in [3.05, 3.63) is 63.6 Å². The van der Waals surface area contributed by atoms with Gasteiger partial charge in [0.05, 0.1) is 25.9 Å². The number of hydrogen-bond donors (Lipinski definition) is 0. The summed E-state index contributed by atoms with van der Waals surface area (Å²) in [6, 6.07) is 9.52. The van der Waals surface area contributed by atoms with Crippen LogP contribution >= 0.6 is 0 Å². The Morgan fingerprint density at radius 1 is 1.24 bits per heavy atom. The van der Waals surface area contributed by atoms with Gasteiger partial charge in [-0.3, -0.25) is 4.79 Å². The maximum absolute atomic E-state index is 12.7. The molecule has 1 aliphatic heterocycles. The molecule has 1 saturated heterocycles. The molecule has 0 amide bonds. The predicted molar refractivity (Wildman–Crippen MR) is 111 cm³/mol. The number of ether oxygens (including phenoxy) is 3. The third-order valence-electron chi connectivity index (χ3n) is 5.38. The van der Waals surface area contributed by atoms with Crippen molar-refractivity contribution in [2.24, 2.45) is 5.92 Å². The van der Waals surface area contributed by atoms with Crippen LogP contribution in [0.5, 0.6) is 5.75 Å². The molecule has 152 valence electrons. The smallest absolute Gasteiger partial charge is 0.254 e. The molecule has 2 fully saturated rings. The summed E-state index contributed by atoms with van der Waals surface area (Å²) in [6.07, 6.45) is 4.16. The summed E-state index contributed by atoms with van der Waals surface area (Å²) >= 11 is 0. The van der Waals surface area contributed by atoms with Gasteiger partial charge < -0.3 is 18.8 Å². The second-order valence-electron chi connectivity index (χ2n) is 7.78. The van der Waals surface area contributed by atoms with Gasteiger partial charge in [-0.25, -0.2) is 0 Å². The third kappa shape index (κ3) is 5.09. The second-order valence-corrected chi connectivity index (χ2v) is 7.78. The van der Waals surface area contributed by atoms with Gasteiger partial charge in [0.2, 0.25) is 0 Å². The van der Waals surface area contributed by atoms with Gasteiger partial charge in [0.1, 0.15) is 18.5 Å². The lowest BCUT2D eigenvalue weighted by atomic mass is 9.99. The van der Waals surface area contributed by atoms with Gasteiger partial charge >= 0.3 is 0 Å². The van der Waals surface area contributed by atoms with Crippen LogP contribution in [0.3, 0.4) is 0 Å². The third-order valence-corrected chi connectivity index (χ3v) is 5.38. The van der Waals surface area contributed by atoms with Crippen molar-refractivity contribution < 1.29 is 14.2 Å². The second kappa shape index (κ2) is 8.86. The minimum atomic E-state index is -0.0900. The van der Waals surface area contributed by atoms with Crippen molar-refractivity contribution in [3.63, 3.8) is 0 Å². The normalized spacial score (nSPS) is 19.9. The summed E-state index contributed by atoms with van der Waals surface area (Å²) in [7, 11) is 0. The van der Waals surface area contributed by atoms with E-state index in [2.05, 4.69) is 30.9 Å². The Morgan fingerprint density at radius 2 is 2.10 bits per heavy atom. The van der Waals surface area contributed by atoms with Crippen LogP contribution in [0.15, 0.2) is 41.3 Å². The molecule has 29 heavy (non-hydrogen) atoms. The van der Waals surface area contributed by atoms with E-state index < -0.39 is 0 Å². The Balaban J connectivity index is 1.44. The first kappa shape index (κ1) is 19.8. The van der Waals surface area contributed by atoms with Crippen molar-refractivity contribution in [1.29, 1.82) is 0 Å². The van der Waals surface area contributed by atoms with E-state index in [4.69, 9.17) is 14.2 Å². The molecule has 2 heterocycles. The van der Waals surface area contributed by atoms with E-state index in [1.807, 2.05) is 19.1 Å². The molecule has 1 aromatic carbocycles. The van der Waals surface area contributed by atoms with Gasteiger partial charge in [0.15, 0.2) is 0 Å². The fraction of sp³-hybridized carbons (Fsp3) is 0.458. The summed E-state index contributed by atoms with van der Waals surface area (Å²) in [6.45, 7) is 6.21. The van der Waals surface area contributed by atoms with Crippen LogP contribution in [-0.4, -0.2) is 37.1 Å². The van der Waals surface area contributed by atoms with Crippen molar-refractivity contribution in [1.82, 2.24) is 4.57 Å². The van der Waals surface area contributed by atoms with E-state index in [1.54, 1.807) is 10.8 Å². The van der Waals surface area contributed by atoms with E-state index in [-0.39, 0.29) is 17.7 Å². The van der Waals surface area contributed by atoms with E-state index in [0.29, 0.717) is 38.1 Å². The van der Waals surface area contributed by atoms with Crippen LogP contribution in [0.25, 0.3) is 0 Å². The van der Waals surface area contributed by atoms with Gasteiger partial charge in [-0.15, -0.1) is 0 Å². The lowest BCUT2D eigenvalue weighted by molar-refractivity contribution is -0.101. The Hall–Kier alpha value is -2.55. The lowest BCUT2D eigenvalue weighted by Crippen LogP contribution is -2.33. The molecule has 2 aliphatic rings. The van der Waals surface area contributed by atoms with E-state index in [9.17, 15) is 4.79 Å². The molecule has 4 rings (SSSR count). The number of benzene rings is 1. The highest BCUT2D eigenvalue weighted by atomic mass is 16.6. The quantitative estimate of drug-likeness (QED) is 0.732. The first-order valence-corrected chi connectivity index (χ1v) is 10.3. The van der Waals surface area contributed by atoms with E-state index in [0.717, 1.165) is 16.7 Å². The monoisotopic (exact) mass is 393 g/mol. The molecular weight excluding hydrogens is 366 g/mol. The number of aryl methyl sites for hydroxylation is 1. The maximum atomic E-state index is 12.7. The average Bonchev–Trinajstić information content (AvgIpc) is 3.56. The molecule has 0 radical (unpaired) electrons. The number of hydrogen-bond acceptors (Lipinski definition) is 4. The molecule has 1 saturated carbocycles.